The molecule has 0 N–H and O–H groups in total. The van der Waals surface area contributed by atoms with E-state index in [4.69, 9.17) is 0 Å². The molecule has 2 aliphatic rings. The predicted octanol–water partition coefficient (Wildman–Crippen LogP) is 15.5. The van der Waals surface area contributed by atoms with Crippen molar-refractivity contribution in [2.75, 3.05) is 4.90 Å². The Morgan fingerprint density at radius 1 is 0.448 bits per heavy atom. The molecule has 2 aliphatic carbocycles. The van der Waals surface area contributed by atoms with E-state index in [0.29, 0.717) is 0 Å². The third-order valence-electron chi connectivity index (χ3n) is 12.4. The van der Waals surface area contributed by atoms with Crippen LogP contribution in [0.5, 0.6) is 0 Å². The number of aromatic nitrogens is 1. The molecule has 0 fully saturated rings. The average Bonchev–Trinajstić information content (AvgIpc) is 3.82. The summed E-state index contributed by atoms with van der Waals surface area (Å²) < 4.78 is 2.59. The van der Waals surface area contributed by atoms with Gasteiger partial charge in [0.05, 0.1) is 17.4 Å². The van der Waals surface area contributed by atoms with Gasteiger partial charge in [-0.15, -0.1) is 0 Å². The second kappa shape index (κ2) is 13.1. The number of hydrogen-bond donors (Lipinski definition) is 0. The van der Waals surface area contributed by atoms with Crippen LogP contribution in [0.1, 0.15) is 18.0 Å². The Bertz CT molecular complexity index is 3310. The summed E-state index contributed by atoms with van der Waals surface area (Å²) in [6.07, 6.45) is 7.77. The van der Waals surface area contributed by atoms with Crippen LogP contribution in [-0.4, -0.2) is 4.57 Å². The second-order valence-corrected chi connectivity index (χ2v) is 15.6. The summed E-state index contributed by atoms with van der Waals surface area (Å²) in [7, 11) is 0. The van der Waals surface area contributed by atoms with Crippen molar-refractivity contribution < 1.29 is 0 Å². The minimum absolute atomic E-state index is 0.167. The Labute approximate surface area is 337 Å². The van der Waals surface area contributed by atoms with E-state index in [-0.39, 0.29) is 6.04 Å². The minimum atomic E-state index is 0.167. The van der Waals surface area contributed by atoms with Crippen LogP contribution < -0.4 is 4.90 Å². The highest BCUT2D eigenvalue weighted by Crippen LogP contribution is 2.56. The summed E-state index contributed by atoms with van der Waals surface area (Å²) in [4.78, 5) is 2.53. The lowest BCUT2D eigenvalue weighted by atomic mass is 9.92. The van der Waals surface area contributed by atoms with Crippen molar-refractivity contribution in [2.45, 2.75) is 12.5 Å². The second-order valence-electron chi connectivity index (χ2n) is 15.6. The number of para-hydroxylation sites is 2. The van der Waals surface area contributed by atoms with Crippen LogP contribution in [0, 0.1) is 0 Å². The quantitative estimate of drug-likeness (QED) is 0.154. The molecule has 0 saturated carbocycles. The fraction of sp³-hybridized carbons (Fsp3) is 0.0357. The van der Waals surface area contributed by atoms with E-state index in [9.17, 15) is 0 Å². The van der Waals surface area contributed by atoms with Crippen molar-refractivity contribution in [3.8, 4) is 33.4 Å². The number of hydrogen-bond acceptors (Lipinski definition) is 1. The van der Waals surface area contributed by atoms with Crippen LogP contribution in [-0.2, 0) is 0 Å². The van der Waals surface area contributed by atoms with Gasteiger partial charge >= 0.3 is 0 Å². The van der Waals surface area contributed by atoms with Gasteiger partial charge in [0.25, 0.3) is 0 Å². The number of benzene rings is 9. The minimum Gasteiger partial charge on any atom is -0.332 e. The van der Waals surface area contributed by atoms with E-state index in [1.165, 1.54) is 93.6 Å². The van der Waals surface area contributed by atoms with Gasteiger partial charge in [-0.3, -0.25) is 0 Å². The summed E-state index contributed by atoms with van der Waals surface area (Å²) >= 11 is 0. The lowest BCUT2D eigenvalue weighted by molar-refractivity contribution is 0.665. The van der Waals surface area contributed by atoms with Gasteiger partial charge in [-0.25, -0.2) is 0 Å². The van der Waals surface area contributed by atoms with Gasteiger partial charge < -0.3 is 9.47 Å². The number of allylic oxidation sites excluding steroid dienone is 4. The van der Waals surface area contributed by atoms with Gasteiger partial charge in [-0.1, -0.05) is 170 Å². The molecular formula is C56H38N2. The third kappa shape index (κ3) is 4.92. The lowest BCUT2D eigenvalue weighted by Crippen LogP contribution is -2.13. The van der Waals surface area contributed by atoms with Crippen molar-refractivity contribution in [3.05, 3.63) is 218 Å². The SMILES string of the molecule is C1=CCC(n2c3ccccc3c3cc(N(c4ccccc4-c4ccccc4)c4cccc5c4-c4c6ccccc6cc6cccc-5c46)ccc32)C(c2ccccc2)=C1. The summed E-state index contributed by atoms with van der Waals surface area (Å²) in [6, 6.07) is 71.8. The zero-order chi connectivity index (χ0) is 38.2. The van der Waals surface area contributed by atoms with E-state index in [2.05, 4.69) is 222 Å². The first-order valence-corrected chi connectivity index (χ1v) is 20.3. The summed E-state index contributed by atoms with van der Waals surface area (Å²) in [5, 5.41) is 7.67. The topological polar surface area (TPSA) is 8.17 Å². The van der Waals surface area contributed by atoms with Crippen LogP contribution in [0.2, 0.25) is 0 Å². The third-order valence-corrected chi connectivity index (χ3v) is 12.4. The Morgan fingerprint density at radius 2 is 1.10 bits per heavy atom. The van der Waals surface area contributed by atoms with Crippen LogP contribution in [0.4, 0.5) is 17.1 Å². The highest BCUT2D eigenvalue weighted by Gasteiger charge is 2.31. The Kier molecular flexibility index (Phi) is 7.39. The first-order chi connectivity index (χ1) is 28.8. The normalized spacial score (nSPS) is 14.3. The first kappa shape index (κ1) is 32.8. The fourth-order valence-corrected chi connectivity index (χ4v) is 10.0. The van der Waals surface area contributed by atoms with Crippen molar-refractivity contribution in [2.24, 2.45) is 0 Å². The van der Waals surface area contributed by atoms with Crippen LogP contribution in [0.25, 0.3) is 82.3 Å². The van der Waals surface area contributed by atoms with E-state index >= 15 is 0 Å². The zero-order valence-electron chi connectivity index (χ0n) is 31.9. The molecule has 0 radical (unpaired) electrons. The van der Waals surface area contributed by atoms with E-state index in [1.807, 2.05) is 0 Å². The van der Waals surface area contributed by atoms with Crippen molar-refractivity contribution >= 4 is 66.0 Å². The fourth-order valence-electron chi connectivity index (χ4n) is 10.0. The Balaban J connectivity index is 1.14. The molecule has 1 unspecified atom stereocenters. The van der Waals surface area contributed by atoms with Gasteiger partial charge in [0.1, 0.15) is 0 Å². The van der Waals surface area contributed by atoms with Crippen LogP contribution >= 0.6 is 0 Å². The molecule has 0 amide bonds. The molecule has 2 nitrogen and oxygen atoms in total. The van der Waals surface area contributed by atoms with Crippen LogP contribution in [0.15, 0.2) is 212 Å². The van der Waals surface area contributed by atoms with Crippen molar-refractivity contribution in [3.63, 3.8) is 0 Å². The van der Waals surface area contributed by atoms with Gasteiger partial charge in [0.2, 0.25) is 0 Å². The smallest absolute Gasteiger partial charge is 0.0632 e. The summed E-state index contributed by atoms with van der Waals surface area (Å²) in [6.45, 7) is 0. The molecule has 9 aromatic carbocycles. The van der Waals surface area contributed by atoms with E-state index in [0.717, 1.165) is 17.8 Å². The molecule has 0 aliphatic heterocycles. The first-order valence-electron chi connectivity index (χ1n) is 20.3. The molecule has 0 spiro atoms. The molecule has 58 heavy (non-hydrogen) atoms. The molecule has 1 heterocycles. The summed E-state index contributed by atoms with van der Waals surface area (Å²) in [5.74, 6) is 0. The van der Waals surface area contributed by atoms with Crippen LogP contribution in [0.3, 0.4) is 0 Å². The highest BCUT2D eigenvalue weighted by molar-refractivity contribution is 6.26. The lowest BCUT2D eigenvalue weighted by Gasteiger charge is -2.30. The molecule has 272 valence electrons. The number of rotatable bonds is 6. The predicted molar refractivity (Wildman–Crippen MR) is 246 cm³/mol. The molecule has 0 bridgehead atoms. The Morgan fingerprint density at radius 3 is 1.98 bits per heavy atom. The number of nitrogens with zero attached hydrogens (tertiary/aromatic N) is 2. The number of anilines is 3. The maximum atomic E-state index is 2.59. The highest BCUT2D eigenvalue weighted by atomic mass is 15.1. The molecule has 10 aromatic rings. The van der Waals surface area contributed by atoms with Gasteiger partial charge in [-0.05, 0) is 98.3 Å². The maximum absolute atomic E-state index is 2.59. The van der Waals surface area contributed by atoms with Crippen molar-refractivity contribution in [1.29, 1.82) is 0 Å². The molecular weight excluding hydrogens is 701 g/mol. The van der Waals surface area contributed by atoms with E-state index in [1.54, 1.807) is 0 Å². The molecule has 12 rings (SSSR count). The standard InChI is InChI=1S/C56H38N2/c1-3-17-37(18-4-1)42-23-9-12-29-49(42)57(53-32-16-28-47-46-27-15-22-40-35-39-21-7-8-25-44(39)56(54(40)46)55(47)53)41-33-34-52-48(36-41)45-26-11-14-31-51(45)58(52)50-30-13-10-24-43(50)38-19-5-2-6-20-38/h1-29,31-36,50H,30H2. The van der Waals surface area contributed by atoms with Crippen molar-refractivity contribution in [1.82, 2.24) is 4.57 Å². The Hall–Kier alpha value is -7.42. The molecule has 1 aromatic heterocycles. The maximum Gasteiger partial charge on any atom is 0.0632 e. The van der Waals surface area contributed by atoms with E-state index < -0.39 is 0 Å². The molecule has 0 saturated heterocycles. The summed E-state index contributed by atoms with van der Waals surface area (Å²) in [5.41, 5.74) is 16.1. The van der Waals surface area contributed by atoms with Gasteiger partial charge in [0, 0.05) is 44.2 Å². The average molecular weight is 739 g/mol. The van der Waals surface area contributed by atoms with Gasteiger partial charge in [0.15, 0.2) is 0 Å². The monoisotopic (exact) mass is 738 g/mol. The largest absolute Gasteiger partial charge is 0.332 e. The molecule has 1 atom stereocenters. The van der Waals surface area contributed by atoms with Gasteiger partial charge in [-0.2, -0.15) is 0 Å². The number of fused-ring (bicyclic) bond motifs is 8. The zero-order valence-corrected chi connectivity index (χ0v) is 31.9. The molecule has 2 heteroatoms.